The molecule has 0 amide bonds. The van der Waals surface area contributed by atoms with Crippen LogP contribution >= 0.6 is 0 Å². The van der Waals surface area contributed by atoms with Gasteiger partial charge in [0, 0.05) is 18.9 Å². The number of carboxylic acid groups (broad SMARTS) is 1. The molecule has 0 aliphatic heterocycles. The molecule has 5 nitrogen and oxygen atoms in total. The molecule has 0 saturated carbocycles. The molecule has 0 rings (SSSR count). The second kappa shape index (κ2) is 15.3. The molecule has 0 aromatic carbocycles. The first-order chi connectivity index (χ1) is 11.1. The highest BCUT2D eigenvalue weighted by Crippen LogP contribution is 2.11. The maximum absolute atomic E-state index is 10.9. The Morgan fingerprint density at radius 2 is 1.61 bits per heavy atom. The van der Waals surface area contributed by atoms with Crippen molar-refractivity contribution in [1.82, 2.24) is 0 Å². The van der Waals surface area contributed by atoms with Crippen LogP contribution in [0.4, 0.5) is 0 Å². The largest absolute Gasteiger partial charge is 0.481 e. The fourth-order valence-electron chi connectivity index (χ4n) is 2.31. The minimum atomic E-state index is -0.716. The molecule has 1 N–H and O–H groups in total. The number of nitrogens with zero attached hydrogens (tertiary/aromatic N) is 1. The number of nitro groups is 1. The van der Waals surface area contributed by atoms with Gasteiger partial charge in [-0.15, -0.1) is 0 Å². The summed E-state index contributed by atoms with van der Waals surface area (Å²) in [5.41, 5.74) is 0.299. The molecule has 0 atom stereocenters. The van der Waals surface area contributed by atoms with Crippen molar-refractivity contribution >= 4 is 5.97 Å². The Kier molecular flexibility index (Phi) is 14.2. The Morgan fingerprint density at radius 1 is 1.00 bits per heavy atom. The lowest BCUT2D eigenvalue weighted by Gasteiger charge is -1.99. The first kappa shape index (κ1) is 21.4. The molecule has 0 radical (unpaired) electrons. The zero-order valence-corrected chi connectivity index (χ0v) is 14.3. The average molecular weight is 325 g/mol. The van der Waals surface area contributed by atoms with Gasteiger partial charge in [0.2, 0.25) is 5.70 Å². The van der Waals surface area contributed by atoms with Crippen LogP contribution in [0.25, 0.3) is 0 Å². The Balaban J connectivity index is 3.68. The van der Waals surface area contributed by atoms with E-state index in [9.17, 15) is 14.9 Å². The Morgan fingerprint density at radius 3 is 2.22 bits per heavy atom. The molecular weight excluding hydrogens is 294 g/mol. The van der Waals surface area contributed by atoms with Crippen LogP contribution in [0.3, 0.4) is 0 Å². The summed E-state index contributed by atoms with van der Waals surface area (Å²) in [6, 6.07) is 0. The van der Waals surface area contributed by atoms with Crippen molar-refractivity contribution in [2.24, 2.45) is 0 Å². The fourth-order valence-corrected chi connectivity index (χ4v) is 2.31. The molecule has 0 aliphatic rings. The van der Waals surface area contributed by atoms with Crippen LogP contribution in [-0.2, 0) is 4.79 Å². The fraction of sp³-hybridized carbons (Fsp3) is 0.722. The van der Waals surface area contributed by atoms with Gasteiger partial charge in [0.05, 0.1) is 4.92 Å². The number of hydrogen-bond donors (Lipinski definition) is 1. The van der Waals surface area contributed by atoms with Crippen LogP contribution in [-0.4, -0.2) is 16.0 Å². The van der Waals surface area contributed by atoms with Crippen molar-refractivity contribution in [3.05, 3.63) is 34.0 Å². The zero-order chi connectivity index (χ0) is 17.3. The highest BCUT2D eigenvalue weighted by molar-refractivity contribution is 5.66. The Bertz CT molecular complexity index is 388. The van der Waals surface area contributed by atoms with E-state index >= 15 is 0 Å². The maximum Gasteiger partial charge on any atom is 0.303 e. The molecule has 0 aromatic rings. The number of hydrogen-bond acceptors (Lipinski definition) is 3. The second-order valence-corrected chi connectivity index (χ2v) is 5.85. The van der Waals surface area contributed by atoms with E-state index in [-0.39, 0.29) is 11.3 Å². The molecule has 5 heteroatoms. The molecule has 0 fully saturated rings. The number of rotatable bonds is 15. The van der Waals surface area contributed by atoms with Crippen molar-refractivity contribution < 1.29 is 14.8 Å². The maximum atomic E-state index is 10.9. The summed E-state index contributed by atoms with van der Waals surface area (Å²) in [6.07, 6.45) is 16.3. The van der Waals surface area contributed by atoms with Gasteiger partial charge < -0.3 is 5.11 Å². The average Bonchev–Trinajstić information content (AvgIpc) is 2.50. The van der Waals surface area contributed by atoms with E-state index in [1.54, 1.807) is 12.2 Å². The van der Waals surface area contributed by atoms with E-state index in [1.165, 1.54) is 0 Å². The SMILES string of the molecule is CCCCCC(=C/C=C/CCCCCCCCC(=O)O)[N+](=O)[O-]. The van der Waals surface area contributed by atoms with Crippen LogP contribution in [0.5, 0.6) is 0 Å². The molecular formula is C18H31NO4. The van der Waals surface area contributed by atoms with Crippen LogP contribution in [0.2, 0.25) is 0 Å². The lowest BCUT2D eigenvalue weighted by Crippen LogP contribution is -1.98. The molecule has 23 heavy (non-hydrogen) atoms. The minimum Gasteiger partial charge on any atom is -0.481 e. The van der Waals surface area contributed by atoms with E-state index in [1.807, 2.05) is 6.08 Å². The van der Waals surface area contributed by atoms with Crippen LogP contribution in [0.1, 0.15) is 84.0 Å². The number of aliphatic carboxylic acids is 1. The first-order valence-corrected chi connectivity index (χ1v) is 8.79. The van der Waals surface area contributed by atoms with Crippen molar-refractivity contribution in [2.45, 2.75) is 84.0 Å². The van der Waals surface area contributed by atoms with E-state index < -0.39 is 5.97 Å². The van der Waals surface area contributed by atoms with Gasteiger partial charge in [-0.05, 0) is 25.7 Å². The van der Waals surface area contributed by atoms with Gasteiger partial charge in [0.25, 0.3) is 0 Å². The van der Waals surface area contributed by atoms with Gasteiger partial charge >= 0.3 is 5.97 Å². The van der Waals surface area contributed by atoms with Gasteiger partial charge in [-0.2, -0.15) is 0 Å². The molecule has 0 bridgehead atoms. The molecule has 0 spiro atoms. The minimum absolute atomic E-state index is 0.270. The first-order valence-electron chi connectivity index (χ1n) is 8.79. The smallest absolute Gasteiger partial charge is 0.303 e. The number of unbranched alkanes of at least 4 members (excludes halogenated alkanes) is 8. The lowest BCUT2D eigenvalue weighted by atomic mass is 10.1. The van der Waals surface area contributed by atoms with Gasteiger partial charge in [0.15, 0.2) is 0 Å². The highest BCUT2D eigenvalue weighted by Gasteiger charge is 2.07. The van der Waals surface area contributed by atoms with Gasteiger partial charge in [-0.25, -0.2) is 0 Å². The number of carboxylic acids is 1. The normalized spacial score (nSPS) is 12.0. The Hall–Kier alpha value is -1.65. The van der Waals surface area contributed by atoms with E-state index in [2.05, 4.69) is 6.92 Å². The molecule has 0 aromatic heterocycles. The molecule has 0 aliphatic carbocycles. The van der Waals surface area contributed by atoms with Crippen LogP contribution in [0.15, 0.2) is 23.9 Å². The van der Waals surface area contributed by atoms with Gasteiger partial charge in [-0.1, -0.05) is 57.6 Å². The third-order valence-corrected chi connectivity index (χ3v) is 3.71. The summed E-state index contributed by atoms with van der Waals surface area (Å²) < 4.78 is 0. The van der Waals surface area contributed by atoms with Gasteiger partial charge in [-0.3, -0.25) is 14.9 Å². The molecule has 0 saturated heterocycles. The third kappa shape index (κ3) is 15.0. The third-order valence-electron chi connectivity index (χ3n) is 3.71. The summed E-state index contributed by atoms with van der Waals surface area (Å²) in [6.45, 7) is 2.08. The van der Waals surface area contributed by atoms with E-state index in [4.69, 9.17) is 5.11 Å². The summed E-state index contributed by atoms with van der Waals surface area (Å²) in [5.74, 6) is -0.716. The number of allylic oxidation sites excluding steroid dienone is 4. The van der Waals surface area contributed by atoms with Crippen LogP contribution in [0, 0.1) is 10.1 Å². The monoisotopic (exact) mass is 325 g/mol. The zero-order valence-electron chi connectivity index (χ0n) is 14.3. The predicted molar refractivity (Wildman–Crippen MR) is 92.9 cm³/mol. The molecule has 0 unspecified atom stereocenters. The lowest BCUT2D eigenvalue weighted by molar-refractivity contribution is -0.428. The summed E-state index contributed by atoms with van der Waals surface area (Å²) in [5, 5.41) is 19.4. The van der Waals surface area contributed by atoms with Crippen molar-refractivity contribution in [2.75, 3.05) is 0 Å². The second-order valence-electron chi connectivity index (χ2n) is 5.85. The molecule has 132 valence electrons. The van der Waals surface area contributed by atoms with E-state index in [0.29, 0.717) is 12.1 Å². The van der Waals surface area contributed by atoms with Gasteiger partial charge in [0.1, 0.15) is 0 Å². The summed E-state index contributed by atoms with van der Waals surface area (Å²) >= 11 is 0. The standard InChI is InChI=1S/C18H31NO4/c1-2-3-11-14-17(19(22)23)15-12-9-7-5-4-6-8-10-13-16-18(20)21/h9,12,15H,2-8,10-11,13-14,16H2,1H3,(H,20,21)/b12-9+,17-15?. The van der Waals surface area contributed by atoms with Crippen molar-refractivity contribution in [3.8, 4) is 0 Å². The predicted octanol–water partition coefficient (Wildman–Crippen LogP) is 5.49. The van der Waals surface area contributed by atoms with E-state index in [0.717, 1.165) is 64.2 Å². The van der Waals surface area contributed by atoms with Crippen molar-refractivity contribution in [1.29, 1.82) is 0 Å². The topological polar surface area (TPSA) is 80.4 Å². The Labute approximate surface area is 139 Å². The van der Waals surface area contributed by atoms with Crippen LogP contribution < -0.4 is 0 Å². The number of carbonyl (C=O) groups is 1. The highest BCUT2D eigenvalue weighted by atomic mass is 16.6. The quantitative estimate of drug-likeness (QED) is 0.187. The summed E-state index contributed by atoms with van der Waals surface area (Å²) in [7, 11) is 0. The summed E-state index contributed by atoms with van der Waals surface area (Å²) in [4.78, 5) is 21.0. The molecule has 0 heterocycles. The van der Waals surface area contributed by atoms with Crippen molar-refractivity contribution in [3.63, 3.8) is 0 Å².